The lowest BCUT2D eigenvalue weighted by Crippen LogP contribution is -2.44. The molecule has 1 fully saturated rings. The number of imidazole rings is 1. The zero-order valence-electron chi connectivity index (χ0n) is 18.0. The number of imide groups is 1. The first-order chi connectivity index (χ1) is 14.6. The van der Waals surface area contributed by atoms with E-state index in [1.54, 1.807) is 18.0 Å². The number of amides is 3. The van der Waals surface area contributed by atoms with Crippen LogP contribution in [0.15, 0.2) is 35.1 Å². The van der Waals surface area contributed by atoms with Crippen molar-refractivity contribution in [2.24, 2.45) is 7.05 Å². The van der Waals surface area contributed by atoms with E-state index in [1.807, 2.05) is 45.1 Å². The van der Waals surface area contributed by atoms with Crippen molar-refractivity contribution < 1.29 is 19.1 Å². The molecular formula is C22H26N4O5. The lowest BCUT2D eigenvalue weighted by molar-refractivity contribution is -0.135. The number of piperidine rings is 1. The van der Waals surface area contributed by atoms with Crippen molar-refractivity contribution in [2.45, 2.75) is 51.3 Å². The molecule has 1 N–H and O–H groups in total. The van der Waals surface area contributed by atoms with Crippen LogP contribution in [0.3, 0.4) is 0 Å². The molecule has 0 spiro atoms. The van der Waals surface area contributed by atoms with Crippen LogP contribution in [0.5, 0.6) is 0 Å². The fourth-order valence-electron chi connectivity index (χ4n) is 4.11. The Morgan fingerprint density at radius 1 is 1.16 bits per heavy atom. The van der Waals surface area contributed by atoms with E-state index in [-0.39, 0.29) is 30.5 Å². The zero-order chi connectivity index (χ0) is 22.5. The van der Waals surface area contributed by atoms with Crippen LogP contribution in [-0.4, -0.2) is 44.1 Å². The molecule has 0 bridgehead atoms. The van der Waals surface area contributed by atoms with Gasteiger partial charge in [-0.1, -0.05) is 18.2 Å². The van der Waals surface area contributed by atoms with Crippen LogP contribution >= 0.6 is 0 Å². The van der Waals surface area contributed by atoms with Crippen LogP contribution in [-0.2, 0) is 21.4 Å². The summed E-state index contributed by atoms with van der Waals surface area (Å²) in [6.07, 6.45) is 3.91. The van der Waals surface area contributed by atoms with Gasteiger partial charge in [-0.15, -0.1) is 0 Å². The SMILES string of the molecule is Cn1c(=O)n(C2CCC(=O)NC2=O)c2ccc(C3C=CCN3C(=O)OC(C)(C)C)cc21. The van der Waals surface area contributed by atoms with Crippen LogP contribution in [0.4, 0.5) is 4.79 Å². The minimum absolute atomic E-state index is 0.190. The van der Waals surface area contributed by atoms with Crippen molar-refractivity contribution >= 4 is 28.9 Å². The highest BCUT2D eigenvalue weighted by atomic mass is 16.6. The van der Waals surface area contributed by atoms with E-state index in [1.165, 1.54) is 9.13 Å². The summed E-state index contributed by atoms with van der Waals surface area (Å²) in [5, 5.41) is 2.31. The number of aryl methyl sites for hydroxylation is 1. The predicted octanol–water partition coefficient (Wildman–Crippen LogP) is 2.17. The number of hydrogen-bond acceptors (Lipinski definition) is 5. The van der Waals surface area contributed by atoms with Gasteiger partial charge in [0.2, 0.25) is 11.8 Å². The standard InChI is InChI=1S/C22H26N4O5/c1-22(2,3)31-21(30)25-11-5-6-14(25)13-7-8-15-17(12-13)24(4)20(29)26(15)16-9-10-18(27)23-19(16)28/h5-8,12,14,16H,9-11H2,1-4H3,(H,23,27,28). The lowest BCUT2D eigenvalue weighted by atomic mass is 10.0. The molecule has 9 nitrogen and oxygen atoms in total. The fraction of sp³-hybridized carbons (Fsp3) is 0.455. The molecule has 3 amide bonds. The maximum absolute atomic E-state index is 12.9. The van der Waals surface area contributed by atoms with Gasteiger partial charge in [-0.2, -0.15) is 0 Å². The average molecular weight is 426 g/mol. The minimum atomic E-state index is -0.732. The minimum Gasteiger partial charge on any atom is -0.444 e. The van der Waals surface area contributed by atoms with Gasteiger partial charge in [-0.05, 0) is 44.9 Å². The number of fused-ring (bicyclic) bond motifs is 1. The molecule has 4 rings (SSSR count). The van der Waals surface area contributed by atoms with Gasteiger partial charge in [0.1, 0.15) is 11.6 Å². The van der Waals surface area contributed by atoms with Crippen LogP contribution < -0.4 is 11.0 Å². The molecule has 0 saturated carbocycles. The summed E-state index contributed by atoms with van der Waals surface area (Å²) in [4.78, 5) is 51.0. The third kappa shape index (κ3) is 3.75. The summed E-state index contributed by atoms with van der Waals surface area (Å²) in [5.74, 6) is -0.795. The monoisotopic (exact) mass is 426 g/mol. The Labute approximate surface area is 179 Å². The molecule has 2 atom stereocenters. The summed E-state index contributed by atoms with van der Waals surface area (Å²) in [5.41, 5.74) is 1.17. The maximum Gasteiger partial charge on any atom is 0.411 e. The van der Waals surface area contributed by atoms with Gasteiger partial charge in [0, 0.05) is 20.0 Å². The lowest BCUT2D eigenvalue weighted by Gasteiger charge is -2.28. The number of aromatic nitrogens is 2. The molecule has 2 aromatic rings. The molecule has 164 valence electrons. The molecule has 0 radical (unpaired) electrons. The van der Waals surface area contributed by atoms with Crippen molar-refractivity contribution in [1.82, 2.24) is 19.4 Å². The molecule has 3 heterocycles. The topological polar surface area (TPSA) is 103 Å². The number of nitrogens with one attached hydrogen (secondary N) is 1. The molecular weight excluding hydrogens is 400 g/mol. The molecule has 0 aliphatic carbocycles. The van der Waals surface area contributed by atoms with E-state index >= 15 is 0 Å². The second-order valence-electron chi connectivity index (χ2n) is 8.93. The highest BCUT2D eigenvalue weighted by Crippen LogP contribution is 2.31. The molecule has 1 aromatic heterocycles. The number of nitrogens with zero attached hydrogens (tertiary/aromatic N) is 3. The van der Waals surface area contributed by atoms with Gasteiger partial charge in [0.15, 0.2) is 0 Å². The van der Waals surface area contributed by atoms with Gasteiger partial charge >= 0.3 is 11.8 Å². The summed E-state index contributed by atoms with van der Waals surface area (Å²) in [6.45, 7) is 5.91. The van der Waals surface area contributed by atoms with Crippen LogP contribution in [0.2, 0.25) is 0 Å². The Bertz CT molecular complexity index is 1170. The number of carbonyl (C=O) groups is 3. The van der Waals surface area contributed by atoms with Crippen molar-refractivity contribution in [1.29, 1.82) is 0 Å². The van der Waals surface area contributed by atoms with Crippen LogP contribution in [0.1, 0.15) is 51.3 Å². The van der Waals surface area contributed by atoms with Crippen molar-refractivity contribution in [3.63, 3.8) is 0 Å². The highest BCUT2D eigenvalue weighted by molar-refractivity contribution is 6.00. The number of ether oxygens (including phenoxy) is 1. The number of benzene rings is 1. The van der Waals surface area contributed by atoms with Gasteiger partial charge in [-0.3, -0.25) is 28.9 Å². The number of carbonyl (C=O) groups excluding carboxylic acids is 3. The first-order valence-corrected chi connectivity index (χ1v) is 10.3. The summed E-state index contributed by atoms with van der Waals surface area (Å²) in [6, 6.07) is 4.45. The summed E-state index contributed by atoms with van der Waals surface area (Å²) < 4.78 is 8.45. The Hall–Kier alpha value is -3.36. The third-order valence-corrected chi connectivity index (χ3v) is 5.56. The van der Waals surface area contributed by atoms with Crippen molar-refractivity contribution in [3.05, 3.63) is 46.4 Å². The van der Waals surface area contributed by atoms with Crippen molar-refractivity contribution in [2.75, 3.05) is 6.54 Å². The second kappa shape index (κ2) is 7.40. The highest BCUT2D eigenvalue weighted by Gasteiger charge is 2.33. The summed E-state index contributed by atoms with van der Waals surface area (Å²) in [7, 11) is 1.65. The van der Waals surface area contributed by atoms with E-state index in [0.29, 0.717) is 17.6 Å². The number of rotatable bonds is 2. The zero-order valence-corrected chi connectivity index (χ0v) is 18.0. The van der Waals surface area contributed by atoms with E-state index in [9.17, 15) is 19.2 Å². The number of hydrogen-bond donors (Lipinski definition) is 1. The second-order valence-corrected chi connectivity index (χ2v) is 8.93. The van der Waals surface area contributed by atoms with E-state index in [0.717, 1.165) is 5.56 Å². The molecule has 9 heteroatoms. The van der Waals surface area contributed by atoms with E-state index in [2.05, 4.69) is 5.32 Å². The normalized spacial score (nSPS) is 21.6. The Morgan fingerprint density at radius 2 is 1.90 bits per heavy atom. The van der Waals surface area contributed by atoms with Crippen LogP contribution in [0, 0.1) is 0 Å². The molecule has 1 aromatic carbocycles. The molecule has 2 aliphatic heterocycles. The largest absolute Gasteiger partial charge is 0.444 e. The quantitative estimate of drug-likeness (QED) is 0.586. The van der Waals surface area contributed by atoms with E-state index in [4.69, 9.17) is 4.74 Å². The van der Waals surface area contributed by atoms with Gasteiger partial charge < -0.3 is 4.74 Å². The molecule has 2 aliphatic rings. The Kier molecular flexibility index (Phi) is 4.99. The fourth-order valence-corrected chi connectivity index (χ4v) is 4.11. The Balaban J connectivity index is 1.71. The molecule has 31 heavy (non-hydrogen) atoms. The van der Waals surface area contributed by atoms with Gasteiger partial charge in [0.25, 0.3) is 0 Å². The molecule has 1 saturated heterocycles. The van der Waals surface area contributed by atoms with Gasteiger partial charge in [-0.25, -0.2) is 9.59 Å². The third-order valence-electron chi connectivity index (χ3n) is 5.56. The van der Waals surface area contributed by atoms with Gasteiger partial charge in [0.05, 0.1) is 17.1 Å². The van der Waals surface area contributed by atoms with Crippen molar-refractivity contribution in [3.8, 4) is 0 Å². The molecule has 2 unspecified atom stereocenters. The first-order valence-electron chi connectivity index (χ1n) is 10.3. The maximum atomic E-state index is 12.9. The first kappa shape index (κ1) is 20.9. The predicted molar refractivity (Wildman–Crippen MR) is 113 cm³/mol. The Morgan fingerprint density at radius 3 is 2.58 bits per heavy atom. The van der Waals surface area contributed by atoms with E-state index < -0.39 is 23.6 Å². The average Bonchev–Trinajstić information content (AvgIpc) is 3.26. The summed E-state index contributed by atoms with van der Waals surface area (Å²) >= 11 is 0. The van der Waals surface area contributed by atoms with Crippen LogP contribution in [0.25, 0.3) is 11.0 Å². The smallest absolute Gasteiger partial charge is 0.411 e.